The Bertz CT molecular complexity index is 1950. The molecule has 0 aromatic heterocycles. The number of phenolic OH excluding ortho intramolecular Hbond substituents is 1. The van der Waals surface area contributed by atoms with E-state index in [-0.39, 0.29) is 49.2 Å². The molecule has 3 aliphatic heterocycles. The van der Waals surface area contributed by atoms with Crippen molar-refractivity contribution in [3.8, 4) is 5.75 Å². The Labute approximate surface area is 387 Å². The highest BCUT2D eigenvalue weighted by Crippen LogP contribution is 2.71. The molecule has 17 nitrogen and oxygen atoms in total. The van der Waals surface area contributed by atoms with E-state index in [1.54, 1.807) is 35.2 Å². The van der Waals surface area contributed by atoms with Crippen molar-refractivity contribution in [2.24, 2.45) is 16.7 Å². The number of rotatable bonds is 12. The van der Waals surface area contributed by atoms with Gasteiger partial charge in [0.1, 0.15) is 47.0 Å². The fourth-order valence-electron chi connectivity index (χ4n) is 13.2. The second-order valence-corrected chi connectivity index (χ2v) is 20.5. The maximum Gasteiger partial charge on any atom is 0.338 e. The number of carbonyl (C=O) groups is 2. The summed E-state index contributed by atoms with van der Waals surface area (Å²) in [5.74, 6) is -1.94. The van der Waals surface area contributed by atoms with Crippen molar-refractivity contribution in [3.05, 3.63) is 41.5 Å². The minimum atomic E-state index is -2.07. The molecule has 0 spiro atoms. The first kappa shape index (κ1) is 49.8. The summed E-state index contributed by atoms with van der Waals surface area (Å²) in [6.07, 6.45) is -2.66. The highest BCUT2D eigenvalue weighted by molar-refractivity contribution is 5.90. The molecule has 1 aromatic rings. The lowest BCUT2D eigenvalue weighted by Gasteiger charge is -2.67. The number of ether oxygens (including phenoxy) is 10. The van der Waals surface area contributed by atoms with Gasteiger partial charge >= 0.3 is 5.97 Å². The molecule has 1 aromatic carbocycles. The third-order valence-electron chi connectivity index (χ3n) is 17.2. The summed E-state index contributed by atoms with van der Waals surface area (Å²) in [6.45, 7) is 10.5. The van der Waals surface area contributed by atoms with Crippen LogP contribution in [0.15, 0.2) is 35.9 Å². The first-order valence-electron chi connectivity index (χ1n) is 23.7. The second kappa shape index (κ2) is 18.6. The van der Waals surface area contributed by atoms with Gasteiger partial charge in [-0.05, 0) is 109 Å². The van der Waals surface area contributed by atoms with Gasteiger partial charge in [-0.15, -0.1) is 0 Å². The van der Waals surface area contributed by atoms with Gasteiger partial charge < -0.3 is 72.9 Å². The molecule has 5 N–H and O–H groups in total. The Balaban J connectivity index is 0.927. The van der Waals surface area contributed by atoms with Gasteiger partial charge in [-0.1, -0.05) is 18.6 Å². The van der Waals surface area contributed by atoms with E-state index < -0.39 is 119 Å². The van der Waals surface area contributed by atoms with Gasteiger partial charge in [0.25, 0.3) is 0 Å². The zero-order valence-electron chi connectivity index (χ0n) is 39.8. The van der Waals surface area contributed by atoms with Crippen molar-refractivity contribution in [1.29, 1.82) is 0 Å². The Morgan fingerprint density at radius 3 is 1.83 bits per heavy atom. The Morgan fingerprint density at radius 2 is 1.27 bits per heavy atom. The van der Waals surface area contributed by atoms with E-state index >= 15 is 0 Å². The fourth-order valence-corrected chi connectivity index (χ4v) is 13.2. The third-order valence-corrected chi connectivity index (χ3v) is 17.2. The van der Waals surface area contributed by atoms with E-state index in [1.165, 1.54) is 31.2 Å². The van der Waals surface area contributed by atoms with Crippen LogP contribution in [0.25, 0.3) is 0 Å². The number of hydrogen-bond donors (Lipinski definition) is 5. The van der Waals surface area contributed by atoms with Crippen LogP contribution in [-0.2, 0) is 52.2 Å². The van der Waals surface area contributed by atoms with Crippen LogP contribution in [0.2, 0.25) is 0 Å². The van der Waals surface area contributed by atoms with Crippen LogP contribution in [0.5, 0.6) is 5.75 Å². The molecule has 0 amide bonds. The van der Waals surface area contributed by atoms with Crippen molar-refractivity contribution in [1.82, 2.24) is 0 Å². The maximum atomic E-state index is 13.7. The summed E-state index contributed by atoms with van der Waals surface area (Å²) >= 11 is 0. The molecule has 20 atom stereocenters. The van der Waals surface area contributed by atoms with E-state index in [9.17, 15) is 35.1 Å². The lowest BCUT2D eigenvalue weighted by atomic mass is 9.42. The third kappa shape index (κ3) is 8.18. The summed E-state index contributed by atoms with van der Waals surface area (Å²) in [7, 11) is 4.82. The number of hydrogen-bond acceptors (Lipinski definition) is 17. The van der Waals surface area contributed by atoms with Gasteiger partial charge in [0.15, 0.2) is 24.7 Å². The zero-order valence-corrected chi connectivity index (χ0v) is 39.8. The minimum absolute atomic E-state index is 0.0274. The van der Waals surface area contributed by atoms with Crippen molar-refractivity contribution >= 4 is 11.8 Å². The topological polar surface area (TPSA) is 228 Å². The average Bonchev–Trinajstić information content (AvgIpc) is 3.51. The standard InChI is InChI=1S/C49H72O17/c1-25-41(52)33(57-7)21-39(60-25)65-43-27(3)62-40(23-35(43)59-9)66-42-26(2)61-38(22-34(42)58-8)63-32-15-16-45(5)30(20-32)14-17-48(55)36(45)24-37(64-44(53)29-10-12-31(51)13-11-29)46(6)47(54,28(4)50)18-19-49(46,48)56/h10-14,25-27,32-43,51-52,54-56H,15-24H2,1-9H3/t25-,26-,27-,32+,33-,34-,35-,36-,37-,38-,39-,40-,41-,42-,43-,45+,46-,47-,48?,49-/m1/s1. The van der Waals surface area contributed by atoms with Crippen molar-refractivity contribution in [2.75, 3.05) is 21.3 Å². The molecule has 4 aliphatic carbocycles. The van der Waals surface area contributed by atoms with Crippen LogP contribution in [0.4, 0.5) is 0 Å². The number of benzene rings is 1. The van der Waals surface area contributed by atoms with Gasteiger partial charge in [-0.25, -0.2) is 4.79 Å². The number of aliphatic hydroxyl groups excluding tert-OH is 1. The van der Waals surface area contributed by atoms with Crippen LogP contribution in [0.3, 0.4) is 0 Å². The highest BCUT2D eigenvalue weighted by Gasteiger charge is 2.81. The molecule has 66 heavy (non-hydrogen) atoms. The largest absolute Gasteiger partial charge is 0.508 e. The molecule has 6 fully saturated rings. The average molecular weight is 933 g/mol. The smallest absolute Gasteiger partial charge is 0.338 e. The summed E-state index contributed by atoms with van der Waals surface area (Å²) in [5.41, 5.74) is -7.01. The molecule has 3 saturated heterocycles. The van der Waals surface area contributed by atoms with Gasteiger partial charge in [-0.3, -0.25) is 4.79 Å². The molecule has 8 rings (SSSR count). The van der Waals surface area contributed by atoms with Gasteiger partial charge in [0, 0.05) is 46.5 Å². The first-order valence-corrected chi connectivity index (χ1v) is 23.7. The number of esters is 1. The molecule has 7 aliphatic rings. The van der Waals surface area contributed by atoms with E-state index in [1.807, 2.05) is 19.9 Å². The monoisotopic (exact) mass is 932 g/mol. The highest BCUT2D eigenvalue weighted by atomic mass is 16.7. The van der Waals surface area contributed by atoms with E-state index in [4.69, 9.17) is 47.4 Å². The predicted molar refractivity (Wildman–Crippen MR) is 233 cm³/mol. The Hall–Kier alpha value is -2.62. The number of phenols is 1. The van der Waals surface area contributed by atoms with E-state index in [0.29, 0.717) is 38.5 Å². The van der Waals surface area contributed by atoms with Crippen molar-refractivity contribution in [2.45, 2.75) is 209 Å². The lowest BCUT2D eigenvalue weighted by molar-refractivity contribution is -0.338. The van der Waals surface area contributed by atoms with Crippen LogP contribution in [0, 0.1) is 16.7 Å². The molecule has 1 unspecified atom stereocenters. The fraction of sp³-hybridized carbons (Fsp3) is 0.796. The second-order valence-electron chi connectivity index (χ2n) is 20.5. The van der Waals surface area contributed by atoms with Crippen LogP contribution < -0.4 is 0 Å². The zero-order chi connectivity index (χ0) is 47.7. The summed E-state index contributed by atoms with van der Waals surface area (Å²) in [5, 5.41) is 58.2. The van der Waals surface area contributed by atoms with Gasteiger partial charge in [-0.2, -0.15) is 0 Å². The number of ketones is 1. The van der Waals surface area contributed by atoms with Crippen LogP contribution in [-0.4, -0.2) is 161 Å². The maximum absolute atomic E-state index is 13.7. The van der Waals surface area contributed by atoms with Gasteiger partial charge in [0.05, 0.1) is 53.7 Å². The minimum Gasteiger partial charge on any atom is -0.508 e. The summed E-state index contributed by atoms with van der Waals surface area (Å²) in [6, 6.07) is 5.59. The molecular weight excluding hydrogens is 861 g/mol. The predicted octanol–water partition coefficient (Wildman–Crippen LogP) is 4.01. The quantitative estimate of drug-likeness (QED) is 0.147. The SMILES string of the molecule is CO[C@@H]1C[C@@H](O[C@@H]2[C@@H](C)O[C@H](O[C@@H]3[C@@H](C)O[C@H](O[C@H]4CC[C@@]5(C)C(=CCC6(O)[C@@H]5C[C@@H](OC(=O)c5ccc(O)cc5)[C@]5(C)[C@](O)(C(C)=O)CC[C@]65O)C4)C[C@H]3OC)C[C@H]2OC)O[C@H](C)[C@H]1O. The number of fused-ring (bicyclic) bond motifs is 5. The molecule has 3 heterocycles. The molecule has 370 valence electrons. The number of aromatic hydroxyl groups is 1. The van der Waals surface area contributed by atoms with E-state index in [0.717, 1.165) is 5.57 Å². The summed E-state index contributed by atoms with van der Waals surface area (Å²) in [4.78, 5) is 27.0. The van der Waals surface area contributed by atoms with Crippen LogP contribution >= 0.6 is 0 Å². The van der Waals surface area contributed by atoms with Crippen LogP contribution in [0.1, 0.15) is 116 Å². The Morgan fingerprint density at radius 1 is 0.727 bits per heavy atom. The number of carbonyl (C=O) groups excluding carboxylic acids is 2. The molecule has 0 bridgehead atoms. The molecule has 0 radical (unpaired) electrons. The number of methoxy groups -OCH3 is 3. The normalized spacial score (nSPS) is 48.1. The van der Waals surface area contributed by atoms with Gasteiger partial charge in [0.2, 0.25) is 0 Å². The molecule has 17 heteroatoms. The van der Waals surface area contributed by atoms with Crippen molar-refractivity contribution in [3.63, 3.8) is 0 Å². The number of Topliss-reactive ketones (excluding diaryl/α,β-unsaturated/α-hetero) is 1. The Kier molecular flexibility index (Phi) is 14.0. The number of aliphatic hydroxyl groups is 4. The first-order chi connectivity index (χ1) is 31.2. The molecular formula is C49H72O17. The van der Waals surface area contributed by atoms with Crippen molar-refractivity contribution < 1.29 is 82.5 Å². The lowest BCUT2D eigenvalue weighted by Crippen LogP contribution is -2.78. The van der Waals surface area contributed by atoms with E-state index in [2.05, 4.69) is 6.92 Å². The molecule has 3 saturated carbocycles. The summed E-state index contributed by atoms with van der Waals surface area (Å²) < 4.78 is 62.1.